The second kappa shape index (κ2) is 3.59. The Kier molecular flexibility index (Phi) is 2.71. The van der Waals surface area contributed by atoms with Crippen LogP contribution >= 0.6 is 0 Å². The van der Waals surface area contributed by atoms with Gasteiger partial charge in [-0.05, 0) is 43.5 Å². The molecule has 1 rings (SSSR count). The summed E-state index contributed by atoms with van der Waals surface area (Å²) >= 11 is 0. The highest BCUT2D eigenvalue weighted by atomic mass is 14.6. The zero-order chi connectivity index (χ0) is 9.14. The SMILES string of the molecule is Cc1cc(N)ccc1C[C@H](C)N. The third-order valence-electron chi connectivity index (χ3n) is 1.91. The lowest BCUT2D eigenvalue weighted by molar-refractivity contribution is 0.735. The molecule has 0 bridgehead atoms. The minimum Gasteiger partial charge on any atom is -0.399 e. The highest BCUT2D eigenvalue weighted by Gasteiger charge is 2.01. The normalized spacial score (nSPS) is 12.9. The lowest BCUT2D eigenvalue weighted by Crippen LogP contribution is -2.18. The van der Waals surface area contributed by atoms with E-state index < -0.39 is 0 Å². The summed E-state index contributed by atoms with van der Waals surface area (Å²) in [5.41, 5.74) is 14.7. The van der Waals surface area contributed by atoms with Crippen molar-refractivity contribution >= 4 is 5.69 Å². The first-order chi connectivity index (χ1) is 5.59. The van der Waals surface area contributed by atoms with Gasteiger partial charge >= 0.3 is 0 Å². The van der Waals surface area contributed by atoms with Gasteiger partial charge in [0.05, 0.1) is 0 Å². The number of hydrogen-bond donors (Lipinski definition) is 2. The van der Waals surface area contributed by atoms with Crippen LogP contribution in [0.4, 0.5) is 5.69 Å². The van der Waals surface area contributed by atoms with Gasteiger partial charge in [0.2, 0.25) is 0 Å². The number of aryl methyl sites for hydroxylation is 1. The van der Waals surface area contributed by atoms with Crippen molar-refractivity contribution in [1.29, 1.82) is 0 Å². The predicted molar refractivity (Wildman–Crippen MR) is 52.9 cm³/mol. The molecule has 0 aliphatic heterocycles. The van der Waals surface area contributed by atoms with Crippen LogP contribution < -0.4 is 11.5 Å². The molecule has 0 unspecified atom stereocenters. The van der Waals surface area contributed by atoms with Crippen LogP contribution in [-0.4, -0.2) is 6.04 Å². The summed E-state index contributed by atoms with van der Waals surface area (Å²) in [4.78, 5) is 0. The first-order valence-electron chi connectivity index (χ1n) is 4.20. The van der Waals surface area contributed by atoms with E-state index >= 15 is 0 Å². The highest BCUT2D eigenvalue weighted by Crippen LogP contribution is 2.13. The number of anilines is 1. The Labute approximate surface area is 73.6 Å². The maximum absolute atomic E-state index is 5.70. The standard InChI is InChI=1S/C10H16N2/c1-7-5-10(12)4-3-9(7)6-8(2)11/h3-5,8H,6,11-12H2,1-2H3/t8-/m0/s1. The molecule has 0 amide bonds. The summed E-state index contributed by atoms with van der Waals surface area (Å²) < 4.78 is 0. The van der Waals surface area contributed by atoms with E-state index in [1.54, 1.807) is 0 Å². The molecule has 2 heteroatoms. The Balaban J connectivity index is 2.86. The van der Waals surface area contributed by atoms with Crippen LogP contribution in [0.3, 0.4) is 0 Å². The number of hydrogen-bond acceptors (Lipinski definition) is 2. The van der Waals surface area contributed by atoms with Gasteiger partial charge in [-0.15, -0.1) is 0 Å². The maximum Gasteiger partial charge on any atom is 0.0316 e. The summed E-state index contributed by atoms with van der Waals surface area (Å²) in [6, 6.07) is 6.17. The number of nitrogen functional groups attached to an aromatic ring is 1. The summed E-state index contributed by atoms with van der Waals surface area (Å²) in [6.07, 6.45) is 0.923. The van der Waals surface area contributed by atoms with Crippen molar-refractivity contribution in [1.82, 2.24) is 0 Å². The van der Waals surface area contributed by atoms with E-state index in [-0.39, 0.29) is 6.04 Å². The topological polar surface area (TPSA) is 52.0 Å². The lowest BCUT2D eigenvalue weighted by atomic mass is 10.0. The quantitative estimate of drug-likeness (QED) is 0.650. The molecular formula is C10H16N2. The van der Waals surface area contributed by atoms with Gasteiger partial charge in [-0.1, -0.05) is 6.07 Å². The molecule has 4 N–H and O–H groups in total. The molecule has 0 heterocycles. The fourth-order valence-electron chi connectivity index (χ4n) is 1.29. The molecular weight excluding hydrogens is 148 g/mol. The molecule has 0 radical (unpaired) electrons. The third-order valence-corrected chi connectivity index (χ3v) is 1.91. The van der Waals surface area contributed by atoms with Gasteiger partial charge in [0.15, 0.2) is 0 Å². The van der Waals surface area contributed by atoms with Gasteiger partial charge in [0, 0.05) is 11.7 Å². The molecule has 66 valence electrons. The van der Waals surface area contributed by atoms with Crippen molar-refractivity contribution in [3.63, 3.8) is 0 Å². The average Bonchev–Trinajstić information content (AvgIpc) is 1.94. The molecule has 0 aliphatic carbocycles. The van der Waals surface area contributed by atoms with Gasteiger partial charge < -0.3 is 11.5 Å². The van der Waals surface area contributed by atoms with E-state index in [2.05, 4.69) is 6.92 Å². The Morgan fingerprint density at radius 1 is 1.42 bits per heavy atom. The summed E-state index contributed by atoms with van der Waals surface area (Å²) in [5, 5.41) is 0. The zero-order valence-electron chi connectivity index (χ0n) is 7.67. The molecule has 12 heavy (non-hydrogen) atoms. The molecule has 1 aromatic rings. The predicted octanol–water partition coefficient (Wildman–Crippen LogP) is 1.47. The second-order valence-electron chi connectivity index (χ2n) is 3.37. The largest absolute Gasteiger partial charge is 0.399 e. The third kappa shape index (κ3) is 2.24. The maximum atomic E-state index is 5.70. The monoisotopic (exact) mass is 164 g/mol. The van der Waals surface area contributed by atoms with Crippen LogP contribution in [0.1, 0.15) is 18.1 Å². The number of benzene rings is 1. The fraction of sp³-hybridized carbons (Fsp3) is 0.400. The van der Waals surface area contributed by atoms with Gasteiger partial charge in [-0.2, -0.15) is 0 Å². The van der Waals surface area contributed by atoms with Crippen LogP contribution in [0.15, 0.2) is 18.2 Å². The molecule has 0 saturated heterocycles. The van der Waals surface area contributed by atoms with Crippen molar-refractivity contribution in [3.05, 3.63) is 29.3 Å². The van der Waals surface area contributed by atoms with Crippen molar-refractivity contribution < 1.29 is 0 Å². The smallest absolute Gasteiger partial charge is 0.0316 e. The van der Waals surface area contributed by atoms with Crippen LogP contribution in [0.5, 0.6) is 0 Å². The Hall–Kier alpha value is -1.02. The van der Waals surface area contributed by atoms with Gasteiger partial charge in [-0.3, -0.25) is 0 Å². The zero-order valence-corrected chi connectivity index (χ0v) is 7.67. The van der Waals surface area contributed by atoms with Crippen molar-refractivity contribution in [3.8, 4) is 0 Å². The molecule has 0 aromatic heterocycles. The molecule has 1 aromatic carbocycles. The van der Waals surface area contributed by atoms with E-state index in [0.717, 1.165) is 12.1 Å². The van der Waals surface area contributed by atoms with Gasteiger partial charge in [-0.25, -0.2) is 0 Å². The van der Waals surface area contributed by atoms with E-state index in [0.29, 0.717) is 0 Å². The fourth-order valence-corrected chi connectivity index (χ4v) is 1.29. The minimum atomic E-state index is 0.215. The van der Waals surface area contributed by atoms with Gasteiger partial charge in [0.1, 0.15) is 0 Å². The van der Waals surface area contributed by atoms with Crippen molar-refractivity contribution in [2.75, 3.05) is 5.73 Å². The Morgan fingerprint density at radius 3 is 2.58 bits per heavy atom. The summed E-state index contributed by atoms with van der Waals surface area (Å²) in [6.45, 7) is 4.07. The van der Waals surface area contributed by atoms with Crippen LogP contribution in [0.25, 0.3) is 0 Å². The average molecular weight is 164 g/mol. The molecule has 1 atom stereocenters. The van der Waals surface area contributed by atoms with E-state index in [4.69, 9.17) is 11.5 Å². The minimum absolute atomic E-state index is 0.215. The van der Waals surface area contributed by atoms with Gasteiger partial charge in [0.25, 0.3) is 0 Å². The van der Waals surface area contributed by atoms with E-state index in [1.165, 1.54) is 11.1 Å². The highest BCUT2D eigenvalue weighted by molar-refractivity contribution is 5.44. The molecule has 0 saturated carbocycles. The van der Waals surface area contributed by atoms with E-state index in [9.17, 15) is 0 Å². The van der Waals surface area contributed by atoms with Crippen LogP contribution in [-0.2, 0) is 6.42 Å². The lowest BCUT2D eigenvalue weighted by Gasteiger charge is -2.08. The first kappa shape index (κ1) is 9.07. The summed E-state index contributed by atoms with van der Waals surface area (Å²) in [7, 11) is 0. The molecule has 2 nitrogen and oxygen atoms in total. The van der Waals surface area contributed by atoms with Crippen LogP contribution in [0.2, 0.25) is 0 Å². The Bertz CT molecular complexity index is 267. The second-order valence-corrected chi connectivity index (χ2v) is 3.37. The van der Waals surface area contributed by atoms with Crippen molar-refractivity contribution in [2.24, 2.45) is 5.73 Å². The van der Waals surface area contributed by atoms with E-state index in [1.807, 2.05) is 25.1 Å². The number of rotatable bonds is 2. The molecule has 0 fully saturated rings. The Morgan fingerprint density at radius 2 is 2.08 bits per heavy atom. The van der Waals surface area contributed by atoms with Crippen LogP contribution in [0, 0.1) is 6.92 Å². The first-order valence-corrected chi connectivity index (χ1v) is 4.20. The molecule has 0 aliphatic rings. The summed E-state index contributed by atoms with van der Waals surface area (Å²) in [5.74, 6) is 0. The molecule has 0 spiro atoms. The van der Waals surface area contributed by atoms with Crippen molar-refractivity contribution in [2.45, 2.75) is 26.3 Å². The number of nitrogens with two attached hydrogens (primary N) is 2.